The molecule has 31 heavy (non-hydrogen) atoms. The number of carbonyl (C=O) groups is 3. The number of amides is 3. The highest BCUT2D eigenvalue weighted by Gasteiger charge is 2.34. The zero-order valence-corrected chi connectivity index (χ0v) is 17.7. The third kappa shape index (κ3) is 4.51. The van der Waals surface area contributed by atoms with Gasteiger partial charge in [0.1, 0.15) is 5.92 Å². The van der Waals surface area contributed by atoms with E-state index < -0.39 is 23.0 Å². The van der Waals surface area contributed by atoms with Crippen molar-refractivity contribution in [3.63, 3.8) is 0 Å². The van der Waals surface area contributed by atoms with Gasteiger partial charge in [0, 0.05) is 11.1 Å². The van der Waals surface area contributed by atoms with Crippen LogP contribution in [0.4, 0.5) is 5.69 Å². The Morgan fingerprint density at radius 1 is 1.03 bits per heavy atom. The normalized spacial score (nSPS) is 17.1. The van der Waals surface area contributed by atoms with Gasteiger partial charge in [0.2, 0.25) is 11.8 Å². The van der Waals surface area contributed by atoms with Crippen molar-refractivity contribution < 1.29 is 14.4 Å². The Balaban J connectivity index is 1.49. The minimum Gasteiger partial charge on any atom is -0.325 e. The molecule has 0 saturated heterocycles. The van der Waals surface area contributed by atoms with Crippen LogP contribution in [0.15, 0.2) is 77.8 Å². The molecule has 1 heterocycles. The molecule has 0 aliphatic carbocycles. The van der Waals surface area contributed by atoms with E-state index in [1.165, 1.54) is 0 Å². The average molecular weight is 432 g/mol. The summed E-state index contributed by atoms with van der Waals surface area (Å²) in [5, 5.41) is 7.27. The maximum atomic E-state index is 12.9. The van der Waals surface area contributed by atoms with Crippen LogP contribution in [0.3, 0.4) is 0 Å². The van der Waals surface area contributed by atoms with Crippen molar-refractivity contribution in [3.8, 4) is 0 Å². The van der Waals surface area contributed by atoms with E-state index in [-0.39, 0.29) is 11.1 Å². The van der Waals surface area contributed by atoms with E-state index >= 15 is 0 Å². The maximum Gasteiger partial charge on any atom is 0.265 e. The predicted octanol–water partition coefficient (Wildman–Crippen LogP) is 4.09. The second kappa shape index (κ2) is 9.14. The second-order valence-corrected chi connectivity index (χ2v) is 8.31. The summed E-state index contributed by atoms with van der Waals surface area (Å²) in [7, 11) is 0. The van der Waals surface area contributed by atoms with Crippen molar-refractivity contribution in [2.24, 2.45) is 4.99 Å². The van der Waals surface area contributed by atoms with Gasteiger partial charge in [-0.25, -0.2) is 0 Å². The van der Waals surface area contributed by atoms with Gasteiger partial charge >= 0.3 is 0 Å². The Hall–Kier alpha value is -3.45. The van der Waals surface area contributed by atoms with Crippen LogP contribution >= 0.6 is 11.8 Å². The fraction of sp³-hybridized carbons (Fsp3) is 0.167. The van der Waals surface area contributed by atoms with Crippen molar-refractivity contribution in [1.29, 1.82) is 0 Å². The number of anilines is 1. The van der Waals surface area contributed by atoms with Crippen LogP contribution in [0.2, 0.25) is 0 Å². The molecular formula is C24H21N3O3S. The molecule has 0 radical (unpaired) electrons. The fourth-order valence-corrected chi connectivity index (χ4v) is 4.39. The first kappa shape index (κ1) is 20.8. The Kier molecular flexibility index (Phi) is 6.13. The number of amidine groups is 1. The summed E-state index contributed by atoms with van der Waals surface area (Å²) in [5.41, 5.74) is 1.32. The summed E-state index contributed by atoms with van der Waals surface area (Å²) in [4.78, 5) is 42.1. The second-order valence-electron chi connectivity index (χ2n) is 7.12. The number of rotatable bonds is 5. The van der Waals surface area contributed by atoms with Gasteiger partial charge in [-0.3, -0.25) is 14.4 Å². The summed E-state index contributed by atoms with van der Waals surface area (Å²) in [6.07, 6.45) is 0.506. The van der Waals surface area contributed by atoms with Gasteiger partial charge in [0.15, 0.2) is 5.17 Å². The molecule has 7 heteroatoms. The number of fused-ring (bicyclic) bond motifs is 1. The molecule has 2 atom stereocenters. The van der Waals surface area contributed by atoms with E-state index in [4.69, 9.17) is 0 Å². The molecule has 2 N–H and O–H groups in total. The van der Waals surface area contributed by atoms with E-state index in [0.29, 0.717) is 12.0 Å². The van der Waals surface area contributed by atoms with Gasteiger partial charge in [0.05, 0.1) is 5.25 Å². The van der Waals surface area contributed by atoms with Crippen molar-refractivity contribution in [2.45, 2.75) is 24.5 Å². The highest BCUT2D eigenvalue weighted by atomic mass is 32.2. The van der Waals surface area contributed by atoms with Crippen LogP contribution in [-0.4, -0.2) is 28.1 Å². The summed E-state index contributed by atoms with van der Waals surface area (Å²) in [6, 6.07) is 22.3. The highest BCUT2D eigenvalue weighted by molar-refractivity contribution is 8.15. The Bertz CT molecular complexity index is 1170. The van der Waals surface area contributed by atoms with Gasteiger partial charge in [0.25, 0.3) is 5.91 Å². The fourth-order valence-electron chi connectivity index (χ4n) is 3.48. The Morgan fingerprint density at radius 2 is 1.74 bits per heavy atom. The van der Waals surface area contributed by atoms with Crippen LogP contribution < -0.4 is 10.6 Å². The van der Waals surface area contributed by atoms with Crippen LogP contribution in [-0.2, 0) is 14.4 Å². The molecule has 156 valence electrons. The lowest BCUT2D eigenvalue weighted by Crippen LogP contribution is -2.42. The van der Waals surface area contributed by atoms with Gasteiger partial charge in [-0.05, 0) is 23.4 Å². The van der Waals surface area contributed by atoms with E-state index in [0.717, 1.165) is 28.2 Å². The number of hydrogen-bond donors (Lipinski definition) is 2. The van der Waals surface area contributed by atoms with E-state index in [9.17, 15) is 14.4 Å². The molecule has 3 aromatic carbocycles. The van der Waals surface area contributed by atoms with Crippen LogP contribution in [0.1, 0.15) is 24.8 Å². The lowest BCUT2D eigenvalue weighted by atomic mass is 9.97. The van der Waals surface area contributed by atoms with Crippen molar-refractivity contribution in [3.05, 3.63) is 78.4 Å². The average Bonchev–Trinajstić information content (AvgIpc) is 2.78. The van der Waals surface area contributed by atoms with E-state index in [2.05, 4.69) is 15.6 Å². The number of hydrogen-bond acceptors (Lipinski definition) is 4. The minimum atomic E-state index is -0.963. The number of thioether (sulfide) groups is 1. The van der Waals surface area contributed by atoms with Gasteiger partial charge in [-0.15, -0.1) is 0 Å². The van der Waals surface area contributed by atoms with E-state index in [1.54, 1.807) is 24.3 Å². The predicted molar refractivity (Wildman–Crippen MR) is 124 cm³/mol. The lowest BCUT2D eigenvalue weighted by molar-refractivity contribution is -0.129. The first-order valence-electron chi connectivity index (χ1n) is 10.0. The highest BCUT2D eigenvalue weighted by Crippen LogP contribution is 2.27. The van der Waals surface area contributed by atoms with Gasteiger partial charge in [-0.1, -0.05) is 85.4 Å². The lowest BCUT2D eigenvalue weighted by Gasteiger charge is -2.22. The zero-order chi connectivity index (χ0) is 21.8. The zero-order valence-electron chi connectivity index (χ0n) is 16.9. The quantitative estimate of drug-likeness (QED) is 0.596. The molecule has 1 aliphatic rings. The van der Waals surface area contributed by atoms with Crippen LogP contribution in [0, 0.1) is 0 Å². The minimum absolute atomic E-state index is 0.155. The number of benzene rings is 3. The smallest absolute Gasteiger partial charge is 0.265 e. The summed E-state index contributed by atoms with van der Waals surface area (Å²) >= 11 is 1.09. The van der Waals surface area contributed by atoms with Crippen LogP contribution in [0.25, 0.3) is 10.8 Å². The molecule has 0 bridgehead atoms. The third-order valence-electron chi connectivity index (χ3n) is 5.05. The number of carbonyl (C=O) groups excluding carboxylic acids is 3. The summed E-state index contributed by atoms with van der Waals surface area (Å²) in [6.45, 7) is 1.88. The van der Waals surface area contributed by atoms with Crippen molar-refractivity contribution in [1.82, 2.24) is 5.32 Å². The summed E-state index contributed by atoms with van der Waals surface area (Å²) in [5.74, 6) is -2.13. The number of nitrogens with one attached hydrogen (secondary N) is 2. The first-order valence-corrected chi connectivity index (χ1v) is 10.9. The molecule has 3 amide bonds. The standard InChI is InChI=1S/C24H21N3O3S/c1-2-19(21(28)25-18-14-8-12-15-9-6-7-13-17(15)18)31-24-26-22(29)20(23(30)27-24)16-10-4-3-5-11-16/h3-14,19-20H,2H2,1H3,(H,25,28)(H,26,27,29,30). The van der Waals surface area contributed by atoms with Crippen molar-refractivity contribution >= 4 is 51.1 Å². The number of aliphatic imine (C=N–C) groups is 1. The van der Waals surface area contributed by atoms with Crippen LogP contribution in [0.5, 0.6) is 0 Å². The largest absolute Gasteiger partial charge is 0.325 e. The molecule has 4 rings (SSSR count). The molecule has 0 spiro atoms. The van der Waals surface area contributed by atoms with E-state index in [1.807, 2.05) is 55.5 Å². The SMILES string of the molecule is CCC(SC1=NC(=O)C(c2ccccc2)C(=O)N1)C(=O)Nc1cccc2ccccc12. The van der Waals surface area contributed by atoms with Gasteiger partial charge in [-0.2, -0.15) is 4.99 Å². The molecule has 0 saturated carbocycles. The first-order chi connectivity index (χ1) is 15.1. The van der Waals surface area contributed by atoms with Gasteiger partial charge < -0.3 is 10.6 Å². The molecule has 6 nitrogen and oxygen atoms in total. The maximum absolute atomic E-state index is 12.9. The van der Waals surface area contributed by atoms with Crippen molar-refractivity contribution in [2.75, 3.05) is 5.32 Å². The molecule has 0 fully saturated rings. The number of nitrogens with zero attached hydrogens (tertiary/aromatic N) is 1. The molecular weight excluding hydrogens is 410 g/mol. The monoisotopic (exact) mass is 431 g/mol. The molecule has 3 aromatic rings. The Labute approximate surface area is 184 Å². The molecule has 0 aromatic heterocycles. The third-order valence-corrected chi connectivity index (χ3v) is 6.30. The topological polar surface area (TPSA) is 87.6 Å². The summed E-state index contributed by atoms with van der Waals surface area (Å²) < 4.78 is 0. The Morgan fingerprint density at radius 3 is 2.48 bits per heavy atom. The molecule has 2 unspecified atom stereocenters. The molecule has 1 aliphatic heterocycles.